The summed E-state index contributed by atoms with van der Waals surface area (Å²) in [6.07, 6.45) is 1.91. The fourth-order valence-electron chi connectivity index (χ4n) is 3.01. The van der Waals surface area contributed by atoms with Gasteiger partial charge in [0.15, 0.2) is 5.96 Å². The van der Waals surface area contributed by atoms with Crippen LogP contribution in [0.5, 0.6) is 0 Å². The molecule has 2 aromatic rings. The number of benzene rings is 1. The van der Waals surface area contributed by atoms with Crippen LogP contribution in [0.1, 0.15) is 39.4 Å². The van der Waals surface area contributed by atoms with Gasteiger partial charge in [0.1, 0.15) is 17.9 Å². The van der Waals surface area contributed by atoms with E-state index in [1.54, 1.807) is 0 Å². The molecular formula is C20H32IN3O2. The van der Waals surface area contributed by atoms with Gasteiger partial charge in [-0.3, -0.25) is 0 Å². The number of aliphatic hydroxyl groups is 1. The van der Waals surface area contributed by atoms with Crippen LogP contribution in [0.2, 0.25) is 0 Å². The molecule has 5 nitrogen and oxygen atoms in total. The molecule has 1 atom stereocenters. The summed E-state index contributed by atoms with van der Waals surface area (Å²) in [5.74, 6) is 2.70. The van der Waals surface area contributed by atoms with E-state index in [0.29, 0.717) is 18.4 Å². The molecule has 26 heavy (non-hydrogen) atoms. The molecule has 0 amide bonds. The number of aliphatic hydroxyl groups excluding tert-OH is 1. The molecule has 0 fully saturated rings. The summed E-state index contributed by atoms with van der Waals surface area (Å²) in [6.45, 7) is 8.82. The molecule has 146 valence electrons. The van der Waals surface area contributed by atoms with Crippen LogP contribution in [0.3, 0.4) is 0 Å². The fraction of sp³-hybridized carbons (Fsp3) is 0.550. The van der Waals surface area contributed by atoms with Crippen molar-refractivity contribution in [3.8, 4) is 0 Å². The molecule has 0 aliphatic rings. The molecule has 1 unspecified atom stereocenters. The number of aliphatic imine (C=N–C) groups is 1. The summed E-state index contributed by atoms with van der Waals surface area (Å²) < 4.78 is 5.82. The van der Waals surface area contributed by atoms with Gasteiger partial charge in [-0.15, -0.1) is 24.0 Å². The van der Waals surface area contributed by atoms with E-state index < -0.39 is 0 Å². The van der Waals surface area contributed by atoms with Crippen LogP contribution in [0.4, 0.5) is 0 Å². The lowest BCUT2D eigenvalue weighted by Crippen LogP contribution is -2.40. The van der Waals surface area contributed by atoms with Crippen molar-refractivity contribution in [2.45, 2.75) is 40.2 Å². The molecule has 0 radical (unpaired) electrons. The summed E-state index contributed by atoms with van der Waals surface area (Å²) in [7, 11) is 0. The number of nitrogens with zero attached hydrogens (tertiary/aromatic N) is 1. The van der Waals surface area contributed by atoms with Gasteiger partial charge in [0.05, 0.1) is 0 Å². The SMILES string of the molecule is CCNC(=NCc1cc2ccccc2o1)NCC(CCO)CC(C)C.I. The van der Waals surface area contributed by atoms with E-state index in [-0.39, 0.29) is 30.6 Å². The quantitative estimate of drug-likeness (QED) is 0.291. The molecule has 0 saturated carbocycles. The van der Waals surface area contributed by atoms with E-state index >= 15 is 0 Å². The summed E-state index contributed by atoms with van der Waals surface area (Å²) in [6, 6.07) is 10.0. The Morgan fingerprint density at radius 2 is 2.00 bits per heavy atom. The smallest absolute Gasteiger partial charge is 0.191 e. The van der Waals surface area contributed by atoms with Crippen LogP contribution in [-0.4, -0.2) is 30.8 Å². The first-order valence-corrected chi connectivity index (χ1v) is 9.22. The highest BCUT2D eigenvalue weighted by Gasteiger charge is 2.11. The zero-order valence-corrected chi connectivity index (χ0v) is 18.3. The minimum absolute atomic E-state index is 0. The third-order valence-corrected chi connectivity index (χ3v) is 4.11. The van der Waals surface area contributed by atoms with Crippen molar-refractivity contribution in [1.82, 2.24) is 10.6 Å². The van der Waals surface area contributed by atoms with E-state index in [1.165, 1.54) is 0 Å². The maximum Gasteiger partial charge on any atom is 0.191 e. The molecule has 0 aliphatic carbocycles. The average molecular weight is 473 g/mol. The predicted molar refractivity (Wildman–Crippen MR) is 119 cm³/mol. The molecule has 1 heterocycles. The minimum Gasteiger partial charge on any atom is -0.459 e. The lowest BCUT2D eigenvalue weighted by molar-refractivity contribution is 0.243. The molecule has 0 spiro atoms. The molecule has 1 aromatic carbocycles. The second kappa shape index (κ2) is 12.2. The number of hydrogen-bond acceptors (Lipinski definition) is 3. The molecule has 0 aliphatic heterocycles. The van der Waals surface area contributed by atoms with Gasteiger partial charge in [0.2, 0.25) is 0 Å². The Morgan fingerprint density at radius 1 is 1.23 bits per heavy atom. The predicted octanol–water partition coefficient (Wildman–Crippen LogP) is 4.15. The van der Waals surface area contributed by atoms with Crippen LogP contribution in [0.15, 0.2) is 39.7 Å². The number of fused-ring (bicyclic) bond motifs is 1. The van der Waals surface area contributed by atoms with Crippen molar-refractivity contribution in [1.29, 1.82) is 0 Å². The van der Waals surface area contributed by atoms with Crippen molar-refractivity contribution in [3.63, 3.8) is 0 Å². The number of furan rings is 1. The number of halogens is 1. The normalized spacial score (nSPS) is 12.9. The fourth-order valence-corrected chi connectivity index (χ4v) is 3.01. The molecule has 3 N–H and O–H groups in total. The largest absolute Gasteiger partial charge is 0.459 e. The lowest BCUT2D eigenvalue weighted by atomic mass is 9.94. The summed E-state index contributed by atoms with van der Waals surface area (Å²) in [5.41, 5.74) is 0.894. The Kier molecular flexibility index (Phi) is 10.7. The molecule has 0 saturated heterocycles. The van der Waals surface area contributed by atoms with Crippen LogP contribution in [-0.2, 0) is 6.54 Å². The highest BCUT2D eigenvalue weighted by Crippen LogP contribution is 2.19. The third-order valence-electron chi connectivity index (χ3n) is 4.11. The van der Waals surface area contributed by atoms with Crippen LogP contribution in [0, 0.1) is 11.8 Å². The minimum atomic E-state index is 0. The summed E-state index contributed by atoms with van der Waals surface area (Å²) >= 11 is 0. The van der Waals surface area contributed by atoms with Gasteiger partial charge in [-0.25, -0.2) is 4.99 Å². The zero-order valence-electron chi connectivity index (χ0n) is 16.0. The van der Waals surface area contributed by atoms with Gasteiger partial charge in [-0.05, 0) is 43.7 Å². The monoisotopic (exact) mass is 473 g/mol. The van der Waals surface area contributed by atoms with Crippen molar-refractivity contribution >= 4 is 40.9 Å². The van der Waals surface area contributed by atoms with Gasteiger partial charge >= 0.3 is 0 Å². The summed E-state index contributed by atoms with van der Waals surface area (Å²) in [5, 5.41) is 17.0. The Balaban J connectivity index is 0.00000338. The van der Waals surface area contributed by atoms with Gasteiger partial charge in [-0.1, -0.05) is 32.0 Å². The van der Waals surface area contributed by atoms with E-state index in [9.17, 15) is 5.11 Å². The van der Waals surface area contributed by atoms with Gasteiger partial charge in [0, 0.05) is 25.1 Å². The van der Waals surface area contributed by atoms with E-state index in [4.69, 9.17) is 4.42 Å². The molecule has 1 aromatic heterocycles. The van der Waals surface area contributed by atoms with Gasteiger partial charge in [-0.2, -0.15) is 0 Å². The first-order chi connectivity index (χ1) is 12.1. The first kappa shape index (κ1) is 22.8. The molecule has 6 heteroatoms. The zero-order chi connectivity index (χ0) is 18.1. The molecule has 2 rings (SSSR count). The topological polar surface area (TPSA) is 69.8 Å². The lowest BCUT2D eigenvalue weighted by Gasteiger charge is -2.20. The highest BCUT2D eigenvalue weighted by molar-refractivity contribution is 14.0. The van der Waals surface area contributed by atoms with Gasteiger partial charge < -0.3 is 20.2 Å². The van der Waals surface area contributed by atoms with E-state index in [2.05, 4.69) is 36.4 Å². The van der Waals surface area contributed by atoms with E-state index in [0.717, 1.165) is 48.6 Å². The number of rotatable bonds is 9. The van der Waals surface area contributed by atoms with Gasteiger partial charge in [0.25, 0.3) is 0 Å². The number of para-hydroxylation sites is 1. The summed E-state index contributed by atoms with van der Waals surface area (Å²) in [4.78, 5) is 4.63. The van der Waals surface area contributed by atoms with Crippen molar-refractivity contribution in [2.24, 2.45) is 16.8 Å². The highest BCUT2D eigenvalue weighted by atomic mass is 127. The number of nitrogens with one attached hydrogen (secondary N) is 2. The standard InChI is InChI=1S/C20H31N3O2.HI/c1-4-21-20(22-13-16(9-10-24)11-15(2)3)23-14-18-12-17-7-5-6-8-19(17)25-18;/h5-8,12,15-16,24H,4,9-11,13-14H2,1-3H3,(H2,21,22,23);1H. The van der Waals surface area contributed by atoms with E-state index in [1.807, 2.05) is 30.3 Å². The number of hydrogen-bond donors (Lipinski definition) is 3. The second-order valence-electron chi connectivity index (χ2n) is 6.83. The first-order valence-electron chi connectivity index (χ1n) is 9.22. The Labute approximate surface area is 173 Å². The van der Waals surface area contributed by atoms with Crippen LogP contribution >= 0.6 is 24.0 Å². The van der Waals surface area contributed by atoms with Crippen molar-refractivity contribution < 1.29 is 9.52 Å². The van der Waals surface area contributed by atoms with Crippen LogP contribution in [0.25, 0.3) is 11.0 Å². The maximum atomic E-state index is 9.25. The Hall–Kier alpha value is -1.28. The third kappa shape index (κ3) is 7.53. The number of guanidine groups is 1. The Bertz CT molecular complexity index is 637. The van der Waals surface area contributed by atoms with Crippen molar-refractivity contribution in [3.05, 3.63) is 36.1 Å². The van der Waals surface area contributed by atoms with Crippen LogP contribution < -0.4 is 10.6 Å². The maximum absolute atomic E-state index is 9.25. The Morgan fingerprint density at radius 3 is 2.65 bits per heavy atom. The molecule has 0 bridgehead atoms. The van der Waals surface area contributed by atoms with Crippen molar-refractivity contribution in [2.75, 3.05) is 19.7 Å². The molecular weight excluding hydrogens is 441 g/mol. The average Bonchev–Trinajstić information content (AvgIpc) is 2.99. The second-order valence-corrected chi connectivity index (χ2v) is 6.83.